The van der Waals surface area contributed by atoms with E-state index in [9.17, 15) is 9.59 Å². The normalized spacial score (nSPS) is 17.2. The number of hydrogen-bond donors (Lipinski definition) is 1. The van der Waals surface area contributed by atoms with Gasteiger partial charge in [-0.3, -0.25) is 19.7 Å². The summed E-state index contributed by atoms with van der Waals surface area (Å²) in [6, 6.07) is 7.68. The molecule has 1 aliphatic heterocycles. The first-order valence-corrected chi connectivity index (χ1v) is 10.3. The van der Waals surface area contributed by atoms with E-state index >= 15 is 0 Å². The average Bonchev–Trinajstić information content (AvgIpc) is 3.44. The summed E-state index contributed by atoms with van der Waals surface area (Å²) in [5.41, 5.74) is 1.95. The Kier molecular flexibility index (Phi) is 5.59. The number of para-hydroxylation sites is 1. The van der Waals surface area contributed by atoms with Gasteiger partial charge in [-0.25, -0.2) is 4.98 Å². The summed E-state index contributed by atoms with van der Waals surface area (Å²) in [4.78, 5) is 34.2. The van der Waals surface area contributed by atoms with Gasteiger partial charge in [0.1, 0.15) is 0 Å². The Morgan fingerprint density at radius 2 is 2.28 bits per heavy atom. The van der Waals surface area contributed by atoms with Crippen LogP contribution in [-0.2, 0) is 20.7 Å². The number of hydrogen-bond acceptors (Lipinski definition) is 7. The van der Waals surface area contributed by atoms with E-state index in [1.54, 1.807) is 6.92 Å². The quantitative estimate of drug-likeness (QED) is 0.494. The molecular weight excluding hydrogens is 392 g/mol. The minimum Gasteiger partial charge on any atom is -0.469 e. The van der Waals surface area contributed by atoms with Crippen molar-refractivity contribution in [2.75, 3.05) is 20.3 Å². The maximum Gasteiger partial charge on any atom is 0.311 e. The largest absolute Gasteiger partial charge is 0.469 e. The fourth-order valence-corrected chi connectivity index (χ4v) is 4.32. The van der Waals surface area contributed by atoms with Gasteiger partial charge in [0, 0.05) is 12.3 Å². The molecule has 1 saturated heterocycles. The van der Waals surface area contributed by atoms with Gasteiger partial charge >= 0.3 is 5.97 Å². The van der Waals surface area contributed by atoms with Crippen LogP contribution < -0.4 is 5.56 Å². The lowest BCUT2D eigenvalue weighted by atomic mass is 10.1. The van der Waals surface area contributed by atoms with Crippen LogP contribution in [0, 0.1) is 0 Å². The van der Waals surface area contributed by atoms with E-state index in [-0.39, 0.29) is 18.1 Å². The van der Waals surface area contributed by atoms with Crippen molar-refractivity contribution in [3.63, 3.8) is 0 Å². The molecule has 8 nitrogen and oxygen atoms in total. The summed E-state index contributed by atoms with van der Waals surface area (Å²) in [5.74, 6) is -0.434. The summed E-state index contributed by atoms with van der Waals surface area (Å²) < 4.78 is 12.8. The fourth-order valence-electron chi connectivity index (χ4n) is 3.40. The van der Waals surface area contributed by atoms with Gasteiger partial charge in [0.25, 0.3) is 5.56 Å². The molecular formula is C20H22N4O4S. The molecule has 2 aromatic heterocycles. The molecule has 0 saturated carbocycles. The summed E-state index contributed by atoms with van der Waals surface area (Å²) in [7, 11) is 1.32. The molecule has 1 N–H and O–H groups in total. The van der Waals surface area contributed by atoms with Crippen molar-refractivity contribution in [1.29, 1.82) is 0 Å². The van der Waals surface area contributed by atoms with Crippen LogP contribution in [0.4, 0.5) is 0 Å². The first-order valence-electron chi connectivity index (χ1n) is 9.46. The first-order chi connectivity index (χ1) is 14.1. The Morgan fingerprint density at radius 3 is 3.00 bits per heavy atom. The monoisotopic (exact) mass is 414 g/mol. The number of rotatable bonds is 6. The predicted octanol–water partition coefficient (Wildman–Crippen LogP) is 2.48. The number of aliphatic imine (C=N–C) groups is 1. The highest BCUT2D eigenvalue weighted by molar-refractivity contribution is 7.20. The van der Waals surface area contributed by atoms with Gasteiger partial charge in [-0.05, 0) is 31.9 Å². The number of methoxy groups -OCH3 is 1. The van der Waals surface area contributed by atoms with Crippen LogP contribution in [0.2, 0.25) is 0 Å². The number of ether oxygens (including phenoxy) is 2. The summed E-state index contributed by atoms with van der Waals surface area (Å²) in [6.07, 6.45) is 2.03. The number of carbonyl (C=O) groups is 1. The highest BCUT2D eigenvalue weighted by atomic mass is 32.1. The lowest BCUT2D eigenvalue weighted by molar-refractivity contribution is -0.139. The minimum atomic E-state index is -0.434. The topological polar surface area (TPSA) is 98.6 Å². The molecule has 4 rings (SSSR count). The molecule has 0 amide bonds. The third-order valence-electron chi connectivity index (χ3n) is 4.91. The van der Waals surface area contributed by atoms with Crippen molar-refractivity contribution in [1.82, 2.24) is 14.8 Å². The second-order valence-corrected chi connectivity index (χ2v) is 7.89. The molecule has 1 fully saturated rings. The lowest BCUT2D eigenvalue weighted by Crippen LogP contribution is -2.21. The molecule has 0 bridgehead atoms. The van der Waals surface area contributed by atoms with E-state index in [1.165, 1.54) is 23.1 Å². The molecule has 1 unspecified atom stereocenters. The molecule has 1 aliphatic rings. The van der Waals surface area contributed by atoms with Crippen LogP contribution in [0.15, 0.2) is 34.1 Å². The third kappa shape index (κ3) is 4.01. The van der Waals surface area contributed by atoms with Crippen molar-refractivity contribution < 1.29 is 14.3 Å². The van der Waals surface area contributed by atoms with Crippen LogP contribution in [-0.4, -0.2) is 52.8 Å². The smallest absolute Gasteiger partial charge is 0.311 e. The Morgan fingerprint density at radius 1 is 1.45 bits per heavy atom. The SMILES string of the molecule is COC(=O)Cc1[nH]n(-c2nc3ccccc3s2)c(=O)c1C(C)=NCC1CCCO1. The van der Waals surface area contributed by atoms with Crippen molar-refractivity contribution >= 4 is 33.2 Å². The molecule has 0 spiro atoms. The van der Waals surface area contributed by atoms with E-state index in [0.717, 1.165) is 29.7 Å². The first kappa shape index (κ1) is 19.5. The van der Waals surface area contributed by atoms with Crippen LogP contribution >= 0.6 is 11.3 Å². The van der Waals surface area contributed by atoms with E-state index in [2.05, 4.69) is 15.1 Å². The van der Waals surface area contributed by atoms with Gasteiger partial charge in [0.2, 0.25) is 5.13 Å². The Labute approximate surface area is 171 Å². The number of esters is 1. The van der Waals surface area contributed by atoms with Gasteiger partial charge in [0.15, 0.2) is 0 Å². The third-order valence-corrected chi connectivity index (χ3v) is 5.93. The highest BCUT2D eigenvalue weighted by Gasteiger charge is 2.22. The molecule has 0 aliphatic carbocycles. The minimum absolute atomic E-state index is 0.0498. The number of benzene rings is 1. The molecule has 152 valence electrons. The summed E-state index contributed by atoms with van der Waals surface area (Å²) >= 11 is 1.40. The zero-order chi connectivity index (χ0) is 20.4. The van der Waals surface area contributed by atoms with Gasteiger partial charge < -0.3 is 9.47 Å². The second-order valence-electron chi connectivity index (χ2n) is 6.88. The second kappa shape index (κ2) is 8.30. The molecule has 0 radical (unpaired) electrons. The number of nitrogens with one attached hydrogen (secondary N) is 1. The zero-order valence-electron chi connectivity index (χ0n) is 16.3. The van der Waals surface area contributed by atoms with E-state index in [0.29, 0.717) is 28.6 Å². The number of fused-ring (bicyclic) bond motifs is 1. The number of aromatic amines is 1. The molecule has 29 heavy (non-hydrogen) atoms. The number of thiazole rings is 1. The highest BCUT2D eigenvalue weighted by Crippen LogP contribution is 2.24. The summed E-state index contributed by atoms with van der Waals surface area (Å²) in [5, 5.41) is 3.55. The summed E-state index contributed by atoms with van der Waals surface area (Å²) in [6.45, 7) is 3.03. The van der Waals surface area contributed by atoms with E-state index in [1.807, 2.05) is 24.3 Å². The Bertz CT molecular complexity index is 1090. The van der Waals surface area contributed by atoms with Crippen LogP contribution in [0.25, 0.3) is 15.3 Å². The molecule has 9 heteroatoms. The van der Waals surface area contributed by atoms with Crippen molar-refractivity contribution in [2.45, 2.75) is 32.3 Å². The molecule has 1 atom stereocenters. The van der Waals surface area contributed by atoms with E-state index < -0.39 is 5.97 Å². The van der Waals surface area contributed by atoms with Crippen LogP contribution in [0.1, 0.15) is 31.0 Å². The Hall–Kier alpha value is -2.78. The molecule has 1 aromatic carbocycles. The predicted molar refractivity (Wildman–Crippen MR) is 111 cm³/mol. The standard InChI is InChI=1S/C20H22N4O4S/c1-12(21-11-13-6-5-9-28-13)18-15(10-17(25)27-2)23-24(19(18)26)20-22-14-7-3-4-8-16(14)29-20/h3-4,7-8,13,23H,5-6,9-11H2,1-2H3. The van der Waals surface area contributed by atoms with Crippen molar-refractivity contribution in [3.05, 3.63) is 45.9 Å². The zero-order valence-corrected chi connectivity index (χ0v) is 17.1. The maximum absolute atomic E-state index is 13.2. The van der Waals surface area contributed by atoms with E-state index in [4.69, 9.17) is 9.47 Å². The van der Waals surface area contributed by atoms with Crippen LogP contribution in [0.5, 0.6) is 0 Å². The number of aromatic nitrogens is 3. The fraction of sp³-hybridized carbons (Fsp3) is 0.400. The molecule has 3 heterocycles. The number of nitrogens with zero attached hydrogens (tertiary/aromatic N) is 3. The van der Waals surface area contributed by atoms with Gasteiger partial charge in [-0.1, -0.05) is 23.5 Å². The Balaban J connectivity index is 1.74. The van der Waals surface area contributed by atoms with Gasteiger partial charge in [-0.15, -0.1) is 0 Å². The van der Waals surface area contributed by atoms with Crippen molar-refractivity contribution in [2.24, 2.45) is 4.99 Å². The van der Waals surface area contributed by atoms with Crippen molar-refractivity contribution in [3.8, 4) is 5.13 Å². The number of H-pyrrole nitrogens is 1. The maximum atomic E-state index is 13.2. The van der Waals surface area contributed by atoms with Crippen LogP contribution in [0.3, 0.4) is 0 Å². The molecule has 3 aromatic rings. The average molecular weight is 414 g/mol. The van der Waals surface area contributed by atoms with Gasteiger partial charge in [-0.2, -0.15) is 4.68 Å². The number of carbonyl (C=O) groups excluding carboxylic acids is 1. The lowest BCUT2D eigenvalue weighted by Gasteiger charge is -2.06. The van der Waals surface area contributed by atoms with Gasteiger partial charge in [0.05, 0.1) is 47.7 Å².